The molecule has 1 saturated heterocycles. The lowest BCUT2D eigenvalue weighted by Crippen LogP contribution is -2.61. The number of phenolic OH excluding ortho intramolecular Hbond substituents is 6. The molecule has 2 aliphatic rings. The second-order valence-electron chi connectivity index (χ2n) is 10.3. The van der Waals surface area contributed by atoms with Crippen LogP contribution in [0, 0.1) is 5.92 Å². The minimum atomic E-state index is -2.38. The first kappa shape index (κ1) is 34.3. The number of aliphatic carboxylic acids is 2. The van der Waals surface area contributed by atoms with E-state index in [9.17, 15) is 80.1 Å². The largest absolute Gasteiger partial charge is 0.504 e. The lowest BCUT2D eigenvalue weighted by atomic mass is 9.76. The van der Waals surface area contributed by atoms with Crippen molar-refractivity contribution in [2.24, 2.45) is 5.92 Å². The lowest BCUT2D eigenvalue weighted by molar-refractivity contribution is -0.289. The molecule has 254 valence electrons. The van der Waals surface area contributed by atoms with Crippen molar-refractivity contribution in [2.75, 3.05) is 6.61 Å². The molecule has 11 N–H and O–H groups in total. The highest BCUT2D eigenvalue weighted by atomic mass is 16.7. The fourth-order valence-corrected chi connectivity index (χ4v) is 5.14. The molecule has 0 unspecified atom stereocenters. The van der Waals surface area contributed by atoms with Gasteiger partial charge < -0.3 is 75.1 Å². The summed E-state index contributed by atoms with van der Waals surface area (Å²) >= 11 is 0. The monoisotopic (exact) mass is 670 g/mol. The van der Waals surface area contributed by atoms with Crippen molar-refractivity contribution >= 4 is 29.8 Å². The number of hydrogen-bond acceptors (Lipinski definition) is 18. The Balaban J connectivity index is 1.65. The van der Waals surface area contributed by atoms with Crippen LogP contribution in [0.15, 0.2) is 18.2 Å². The third kappa shape index (κ3) is 6.42. The number of carbonyl (C=O) groups excluding carboxylic acids is 3. The van der Waals surface area contributed by atoms with Crippen LogP contribution in [0.5, 0.6) is 34.5 Å². The third-order valence-electron chi connectivity index (χ3n) is 7.38. The van der Waals surface area contributed by atoms with Gasteiger partial charge in [-0.25, -0.2) is 14.4 Å². The number of aromatic hydroxyl groups is 6. The van der Waals surface area contributed by atoms with Gasteiger partial charge in [0.15, 0.2) is 34.9 Å². The molecule has 2 heterocycles. The number of carboxylic acids is 2. The molecule has 20 nitrogen and oxygen atoms in total. The van der Waals surface area contributed by atoms with Crippen molar-refractivity contribution in [1.29, 1.82) is 0 Å². The van der Waals surface area contributed by atoms with Gasteiger partial charge >= 0.3 is 29.8 Å². The summed E-state index contributed by atoms with van der Waals surface area (Å²) in [6, 6.07) is 1.91. The number of ether oxygens (including phenoxy) is 4. The van der Waals surface area contributed by atoms with Gasteiger partial charge in [-0.3, -0.25) is 9.59 Å². The second-order valence-corrected chi connectivity index (χ2v) is 10.3. The van der Waals surface area contributed by atoms with E-state index in [-0.39, 0.29) is 0 Å². The van der Waals surface area contributed by atoms with Gasteiger partial charge in [0.2, 0.25) is 18.1 Å². The van der Waals surface area contributed by atoms with Crippen molar-refractivity contribution in [3.05, 3.63) is 34.9 Å². The fraction of sp³-hybridized carbons (Fsp3) is 0.370. The van der Waals surface area contributed by atoms with Crippen LogP contribution in [0.2, 0.25) is 0 Å². The minimum Gasteiger partial charge on any atom is -0.504 e. The predicted octanol–water partition coefficient (Wildman–Crippen LogP) is -2.07. The number of aliphatic hydroxyl groups excluding tert-OH is 3. The van der Waals surface area contributed by atoms with Gasteiger partial charge in [0, 0.05) is 5.56 Å². The Morgan fingerprint density at radius 1 is 0.830 bits per heavy atom. The zero-order valence-electron chi connectivity index (χ0n) is 23.4. The van der Waals surface area contributed by atoms with E-state index in [1.165, 1.54) is 0 Å². The molecule has 0 bridgehead atoms. The van der Waals surface area contributed by atoms with E-state index < -0.39 is 143 Å². The molecule has 0 saturated carbocycles. The highest BCUT2D eigenvalue weighted by Crippen LogP contribution is 2.50. The van der Waals surface area contributed by atoms with Gasteiger partial charge in [-0.2, -0.15) is 0 Å². The third-order valence-corrected chi connectivity index (χ3v) is 7.38. The van der Waals surface area contributed by atoms with Crippen LogP contribution in [0.25, 0.3) is 0 Å². The van der Waals surface area contributed by atoms with Gasteiger partial charge in [-0.15, -0.1) is 0 Å². The Morgan fingerprint density at radius 2 is 1.43 bits per heavy atom. The SMILES string of the molecule is O=C(O)C[C@H](C(=O)O[C@H]1[C@@H](O)[C@@H](O)[C@H](OC(=O)c2cc(O)c(O)c(O)c2)O[C@@H]1CO)[C@H]1c2c(cc(O)c(O)c2O)C(=O)O[C@@H]1C(=O)O. The molecule has 47 heavy (non-hydrogen) atoms. The van der Waals surface area contributed by atoms with Crippen molar-refractivity contribution in [3.63, 3.8) is 0 Å². The average molecular weight is 670 g/mol. The number of benzene rings is 2. The molecule has 0 aliphatic carbocycles. The summed E-state index contributed by atoms with van der Waals surface area (Å²) in [6.45, 7) is -1.12. The number of esters is 3. The Morgan fingerprint density at radius 3 is 1.98 bits per heavy atom. The van der Waals surface area contributed by atoms with Crippen LogP contribution in [-0.2, 0) is 33.3 Å². The average Bonchev–Trinajstić information content (AvgIpc) is 3.00. The molecule has 2 aromatic carbocycles. The number of hydrogen-bond donors (Lipinski definition) is 11. The molecular weight excluding hydrogens is 644 g/mol. The minimum absolute atomic E-state index is 0.570. The first-order valence-corrected chi connectivity index (χ1v) is 13.2. The van der Waals surface area contributed by atoms with Crippen LogP contribution in [0.1, 0.15) is 38.6 Å². The van der Waals surface area contributed by atoms with Crippen LogP contribution >= 0.6 is 0 Å². The van der Waals surface area contributed by atoms with Gasteiger partial charge in [0.1, 0.15) is 18.3 Å². The summed E-state index contributed by atoms with van der Waals surface area (Å²) in [5.41, 5.74) is -2.12. The van der Waals surface area contributed by atoms with E-state index in [2.05, 4.69) is 0 Å². The van der Waals surface area contributed by atoms with Crippen LogP contribution in [-0.4, -0.2) is 129 Å². The number of carboxylic acid groups (broad SMARTS) is 2. The van der Waals surface area contributed by atoms with Gasteiger partial charge in [0.25, 0.3) is 0 Å². The molecule has 0 amide bonds. The quantitative estimate of drug-likeness (QED) is 0.0774. The maximum atomic E-state index is 13.5. The molecule has 4 rings (SSSR count). The molecule has 8 atom stereocenters. The Hall–Kier alpha value is -5.57. The van der Waals surface area contributed by atoms with Crippen LogP contribution in [0.3, 0.4) is 0 Å². The zero-order chi connectivity index (χ0) is 35.1. The smallest absolute Gasteiger partial charge is 0.345 e. The number of phenols is 6. The molecule has 20 heteroatoms. The summed E-state index contributed by atoms with van der Waals surface area (Å²) in [6.07, 6.45) is -14.2. The molecule has 0 radical (unpaired) electrons. The van der Waals surface area contributed by atoms with E-state index in [1.54, 1.807) is 0 Å². The standard InChI is InChI=1S/C27H26O20/c28-5-12-21(19(37)20(38)27(44-12)47-24(41)6-1-9(29)16(34)10(30)2-6)45-26(43)8(4-13(32)33)15-14-7(3-11(31)17(35)18(14)36)25(42)46-22(15)23(39)40/h1-3,8,12,15,19-22,27-31,34-38H,4-5H2,(H,32,33)(H,39,40)/t8-,12+,15-,19-,20+,21+,22-,27-/m0/s1. The van der Waals surface area contributed by atoms with E-state index in [4.69, 9.17) is 18.9 Å². The molecule has 0 aromatic heterocycles. The van der Waals surface area contributed by atoms with Gasteiger partial charge in [-0.1, -0.05) is 0 Å². The highest BCUT2D eigenvalue weighted by molar-refractivity contribution is 5.98. The number of fused-ring (bicyclic) bond motifs is 1. The van der Waals surface area contributed by atoms with Crippen molar-refractivity contribution in [1.82, 2.24) is 0 Å². The number of carbonyl (C=O) groups is 5. The van der Waals surface area contributed by atoms with Crippen molar-refractivity contribution in [3.8, 4) is 34.5 Å². The second kappa shape index (κ2) is 13.0. The van der Waals surface area contributed by atoms with Crippen molar-refractivity contribution < 1.29 is 99.1 Å². The molecular formula is C27H26O20. The van der Waals surface area contributed by atoms with E-state index in [1.807, 2.05) is 0 Å². The normalized spacial score (nSPS) is 25.9. The number of cyclic esters (lactones) is 1. The van der Waals surface area contributed by atoms with Gasteiger partial charge in [-0.05, 0) is 18.2 Å². The molecule has 2 aliphatic heterocycles. The maximum Gasteiger partial charge on any atom is 0.345 e. The summed E-state index contributed by atoms with van der Waals surface area (Å²) in [4.78, 5) is 62.5. The summed E-state index contributed by atoms with van der Waals surface area (Å²) in [7, 11) is 0. The Kier molecular flexibility index (Phi) is 9.52. The van der Waals surface area contributed by atoms with Crippen molar-refractivity contribution in [2.45, 2.75) is 49.1 Å². The maximum absolute atomic E-state index is 13.5. The van der Waals surface area contributed by atoms with Gasteiger partial charge in [0.05, 0.1) is 36.0 Å². The Bertz CT molecular complexity index is 1590. The first-order chi connectivity index (χ1) is 22.0. The van der Waals surface area contributed by atoms with Crippen LogP contribution < -0.4 is 0 Å². The fourth-order valence-electron chi connectivity index (χ4n) is 5.14. The molecule has 1 fully saturated rings. The summed E-state index contributed by atoms with van der Waals surface area (Å²) < 4.78 is 20.2. The highest BCUT2D eigenvalue weighted by Gasteiger charge is 2.53. The Labute approximate surface area is 260 Å². The van der Waals surface area contributed by atoms with Crippen LogP contribution in [0.4, 0.5) is 0 Å². The number of rotatable bonds is 9. The predicted molar refractivity (Wildman–Crippen MR) is 141 cm³/mol. The summed E-state index contributed by atoms with van der Waals surface area (Å²) in [5.74, 6) is -18.9. The molecule has 0 spiro atoms. The van der Waals surface area contributed by atoms with E-state index >= 15 is 0 Å². The number of aliphatic hydroxyl groups is 3. The van der Waals surface area contributed by atoms with E-state index in [0.29, 0.717) is 18.2 Å². The topological polar surface area (TPSA) is 345 Å². The zero-order valence-corrected chi connectivity index (χ0v) is 23.4. The lowest BCUT2D eigenvalue weighted by Gasteiger charge is -2.42. The first-order valence-electron chi connectivity index (χ1n) is 13.2. The summed E-state index contributed by atoms with van der Waals surface area (Å²) in [5, 5.41) is 110. The van der Waals surface area contributed by atoms with E-state index in [0.717, 1.165) is 0 Å². The molecule has 2 aromatic rings.